The molecule has 2 aromatic rings. The monoisotopic (exact) mass is 435 g/mol. The van der Waals surface area contributed by atoms with Crippen molar-refractivity contribution in [2.75, 3.05) is 33.3 Å². The molecule has 1 aromatic carbocycles. The first-order valence-electron chi connectivity index (χ1n) is 9.98. The van der Waals surface area contributed by atoms with E-state index in [4.69, 9.17) is 27.9 Å². The largest absolute Gasteiger partial charge is 0.493 e. The number of rotatable bonds is 8. The van der Waals surface area contributed by atoms with Gasteiger partial charge in [-0.3, -0.25) is 9.78 Å². The summed E-state index contributed by atoms with van der Waals surface area (Å²) in [6.45, 7) is 3.35. The number of hydrogen-bond acceptors (Lipinski definition) is 4. The van der Waals surface area contributed by atoms with Gasteiger partial charge in [0, 0.05) is 57.1 Å². The van der Waals surface area contributed by atoms with E-state index in [1.54, 1.807) is 18.2 Å². The Labute approximate surface area is 182 Å². The first kappa shape index (κ1) is 21.9. The van der Waals surface area contributed by atoms with Gasteiger partial charge in [0.15, 0.2) is 0 Å². The van der Waals surface area contributed by atoms with Crippen LogP contribution in [-0.4, -0.2) is 60.0 Å². The van der Waals surface area contributed by atoms with Gasteiger partial charge < -0.3 is 14.5 Å². The van der Waals surface area contributed by atoms with E-state index in [1.165, 1.54) is 0 Å². The van der Waals surface area contributed by atoms with Gasteiger partial charge in [-0.2, -0.15) is 0 Å². The second-order valence-corrected chi connectivity index (χ2v) is 8.14. The fourth-order valence-electron chi connectivity index (χ4n) is 3.55. The molecule has 7 heteroatoms. The Morgan fingerprint density at radius 1 is 1.21 bits per heavy atom. The molecule has 1 saturated heterocycles. The first-order chi connectivity index (χ1) is 14.0. The normalized spacial score (nSPS) is 15.3. The number of piperidine rings is 1. The van der Waals surface area contributed by atoms with Crippen LogP contribution in [0.15, 0.2) is 42.6 Å². The van der Waals surface area contributed by atoms with Crippen molar-refractivity contribution in [1.29, 1.82) is 0 Å². The predicted molar refractivity (Wildman–Crippen MR) is 117 cm³/mol. The summed E-state index contributed by atoms with van der Waals surface area (Å²) in [5.41, 5.74) is 1.13. The van der Waals surface area contributed by atoms with E-state index < -0.39 is 0 Å². The van der Waals surface area contributed by atoms with Crippen molar-refractivity contribution in [1.82, 2.24) is 14.8 Å². The van der Waals surface area contributed by atoms with Crippen LogP contribution in [0.5, 0.6) is 5.75 Å². The van der Waals surface area contributed by atoms with E-state index in [0.717, 1.165) is 44.6 Å². The summed E-state index contributed by atoms with van der Waals surface area (Å²) >= 11 is 11.9. The van der Waals surface area contributed by atoms with Gasteiger partial charge in [0.05, 0.1) is 23.1 Å². The molecule has 29 heavy (non-hydrogen) atoms. The number of aromatic nitrogens is 1. The minimum absolute atomic E-state index is 0.108. The van der Waals surface area contributed by atoms with Crippen LogP contribution < -0.4 is 4.74 Å². The molecular formula is C22H27Cl2N3O2. The number of nitrogens with zero attached hydrogens (tertiary/aromatic N) is 3. The Bertz CT molecular complexity index is 796. The summed E-state index contributed by atoms with van der Waals surface area (Å²) in [5, 5.41) is 0.934. The second kappa shape index (κ2) is 10.8. The van der Waals surface area contributed by atoms with E-state index in [9.17, 15) is 4.79 Å². The molecule has 0 aliphatic carbocycles. The average molecular weight is 436 g/mol. The van der Waals surface area contributed by atoms with Crippen LogP contribution in [0.1, 0.15) is 25.0 Å². The fourth-order valence-corrected chi connectivity index (χ4v) is 3.84. The number of halogens is 2. The highest BCUT2D eigenvalue weighted by Crippen LogP contribution is 2.26. The van der Waals surface area contributed by atoms with Crippen LogP contribution in [0.4, 0.5) is 0 Å². The van der Waals surface area contributed by atoms with Gasteiger partial charge in [-0.1, -0.05) is 29.3 Å². The lowest BCUT2D eigenvalue weighted by Crippen LogP contribution is -2.46. The zero-order chi connectivity index (χ0) is 20.6. The molecule has 5 nitrogen and oxygen atoms in total. The highest BCUT2D eigenvalue weighted by molar-refractivity contribution is 6.42. The molecule has 0 atom stereocenters. The topological polar surface area (TPSA) is 45.7 Å². The van der Waals surface area contributed by atoms with E-state index in [1.807, 2.05) is 30.3 Å². The lowest BCUT2D eigenvalue weighted by atomic mass is 10.0. The number of carbonyl (C=O) groups excluding carboxylic acids is 1. The third-order valence-electron chi connectivity index (χ3n) is 5.38. The molecule has 0 radical (unpaired) electrons. The summed E-state index contributed by atoms with van der Waals surface area (Å²) in [6.07, 6.45) is 5.15. The first-order valence-corrected chi connectivity index (χ1v) is 10.7. The summed E-state index contributed by atoms with van der Waals surface area (Å²) in [6, 6.07) is 11.4. The van der Waals surface area contributed by atoms with E-state index >= 15 is 0 Å². The molecule has 3 rings (SSSR count). The maximum absolute atomic E-state index is 12.5. The Kier molecular flexibility index (Phi) is 8.16. The van der Waals surface area contributed by atoms with Crippen LogP contribution in [-0.2, 0) is 11.2 Å². The molecule has 1 amide bonds. The van der Waals surface area contributed by atoms with E-state index in [0.29, 0.717) is 34.9 Å². The minimum Gasteiger partial charge on any atom is -0.493 e. The lowest BCUT2D eigenvalue weighted by Gasteiger charge is -2.36. The molecule has 1 aromatic heterocycles. The Morgan fingerprint density at radius 2 is 2.00 bits per heavy atom. The fraction of sp³-hybridized carbons (Fsp3) is 0.455. The van der Waals surface area contributed by atoms with Crippen LogP contribution in [0.25, 0.3) is 0 Å². The van der Waals surface area contributed by atoms with Gasteiger partial charge in [-0.25, -0.2) is 0 Å². The van der Waals surface area contributed by atoms with Crippen molar-refractivity contribution in [3.05, 3.63) is 58.3 Å². The lowest BCUT2D eigenvalue weighted by molar-refractivity contribution is -0.133. The third kappa shape index (κ3) is 6.59. The van der Waals surface area contributed by atoms with Gasteiger partial charge in [0.1, 0.15) is 5.75 Å². The van der Waals surface area contributed by atoms with Crippen molar-refractivity contribution in [3.63, 3.8) is 0 Å². The minimum atomic E-state index is 0.108. The summed E-state index contributed by atoms with van der Waals surface area (Å²) in [5.74, 6) is 0.730. The maximum atomic E-state index is 12.5. The van der Waals surface area contributed by atoms with Crippen LogP contribution >= 0.6 is 23.2 Å². The Balaban J connectivity index is 1.36. The van der Waals surface area contributed by atoms with E-state index in [-0.39, 0.29) is 5.91 Å². The number of pyridine rings is 1. The SMILES string of the molecule is CN(C(=O)CCOc1ccc(Cl)c(Cl)c1)C1CCN(CCc2ccccn2)CC1. The summed E-state index contributed by atoms with van der Waals surface area (Å²) < 4.78 is 5.64. The van der Waals surface area contributed by atoms with Crippen molar-refractivity contribution in [2.24, 2.45) is 0 Å². The molecule has 0 saturated carbocycles. The summed E-state index contributed by atoms with van der Waals surface area (Å²) in [7, 11) is 1.90. The number of hydrogen-bond donors (Lipinski definition) is 0. The Hall–Kier alpha value is -1.82. The van der Waals surface area contributed by atoms with Crippen molar-refractivity contribution >= 4 is 29.1 Å². The maximum Gasteiger partial charge on any atom is 0.225 e. The van der Waals surface area contributed by atoms with Gasteiger partial charge in [0.2, 0.25) is 5.91 Å². The van der Waals surface area contributed by atoms with Gasteiger partial charge in [-0.05, 0) is 37.1 Å². The van der Waals surface area contributed by atoms with Crippen LogP contribution in [0, 0.1) is 0 Å². The number of likely N-dealkylation sites (tertiary alicyclic amines) is 1. The molecule has 1 fully saturated rings. The van der Waals surface area contributed by atoms with Gasteiger partial charge >= 0.3 is 0 Å². The number of ether oxygens (including phenoxy) is 1. The van der Waals surface area contributed by atoms with Crippen LogP contribution in [0.3, 0.4) is 0 Å². The molecular weight excluding hydrogens is 409 g/mol. The molecule has 0 unspecified atom stereocenters. The molecule has 1 aliphatic rings. The molecule has 0 spiro atoms. The number of benzene rings is 1. The smallest absolute Gasteiger partial charge is 0.225 e. The van der Waals surface area contributed by atoms with Gasteiger partial charge in [-0.15, -0.1) is 0 Å². The highest BCUT2D eigenvalue weighted by atomic mass is 35.5. The highest BCUT2D eigenvalue weighted by Gasteiger charge is 2.25. The average Bonchev–Trinajstić information content (AvgIpc) is 2.75. The second-order valence-electron chi connectivity index (χ2n) is 7.32. The number of amides is 1. The van der Waals surface area contributed by atoms with Crippen molar-refractivity contribution < 1.29 is 9.53 Å². The third-order valence-corrected chi connectivity index (χ3v) is 6.12. The van der Waals surface area contributed by atoms with E-state index in [2.05, 4.69) is 16.0 Å². The zero-order valence-electron chi connectivity index (χ0n) is 16.7. The van der Waals surface area contributed by atoms with Crippen molar-refractivity contribution in [3.8, 4) is 5.75 Å². The molecule has 156 valence electrons. The van der Waals surface area contributed by atoms with Crippen molar-refractivity contribution in [2.45, 2.75) is 31.7 Å². The predicted octanol–water partition coefficient (Wildman–Crippen LogP) is 4.32. The van der Waals surface area contributed by atoms with Crippen LogP contribution in [0.2, 0.25) is 10.0 Å². The molecule has 2 heterocycles. The zero-order valence-corrected chi connectivity index (χ0v) is 18.2. The summed E-state index contributed by atoms with van der Waals surface area (Å²) in [4.78, 5) is 21.2. The molecule has 0 N–H and O–H groups in total. The van der Waals surface area contributed by atoms with Gasteiger partial charge in [0.25, 0.3) is 0 Å². The Morgan fingerprint density at radius 3 is 2.69 bits per heavy atom. The molecule has 0 bridgehead atoms. The molecule has 1 aliphatic heterocycles. The number of carbonyl (C=O) groups is 1. The quantitative estimate of drug-likeness (QED) is 0.618. The standard InChI is InChI=1S/C22H27Cl2N3O2/c1-26(22(28)10-15-29-19-5-6-20(23)21(24)16-19)18-8-13-27(14-9-18)12-7-17-4-2-3-11-25-17/h2-6,11,16,18H,7-10,12-15H2,1H3.